The van der Waals surface area contributed by atoms with E-state index in [2.05, 4.69) is 58.9 Å². The number of ether oxygens (including phenoxy) is 1. The van der Waals surface area contributed by atoms with Gasteiger partial charge >= 0.3 is 0 Å². The molecule has 3 rings (SSSR count). The molecule has 0 radical (unpaired) electrons. The summed E-state index contributed by atoms with van der Waals surface area (Å²) < 4.78 is 10.8. The molecule has 0 aliphatic heterocycles. The van der Waals surface area contributed by atoms with Crippen molar-refractivity contribution in [3.8, 4) is 0 Å². The number of halogens is 1. The van der Waals surface area contributed by atoms with Gasteiger partial charge in [0.05, 0.1) is 6.26 Å². The zero-order chi connectivity index (χ0) is 19.6. The highest BCUT2D eigenvalue weighted by Gasteiger charge is 2.05. The molecule has 1 aromatic carbocycles. The molecule has 0 fully saturated rings. The van der Waals surface area contributed by atoms with E-state index in [0.717, 1.165) is 44.2 Å². The number of guanidine groups is 1. The van der Waals surface area contributed by atoms with E-state index in [1.807, 2.05) is 12.1 Å². The molecule has 0 spiro atoms. The highest BCUT2D eigenvalue weighted by Crippen LogP contribution is 2.21. The molecule has 158 valence electrons. The minimum absolute atomic E-state index is 0. The molecule has 0 aliphatic rings. The van der Waals surface area contributed by atoms with Gasteiger partial charge in [0.1, 0.15) is 12.4 Å². The number of hydrogen-bond donors (Lipinski definition) is 3. The first-order valence-corrected chi connectivity index (χ1v) is 9.96. The average Bonchev–Trinajstić information content (AvgIpc) is 3.35. The molecule has 0 bridgehead atoms. The summed E-state index contributed by atoms with van der Waals surface area (Å²) in [4.78, 5) is 8.02. The number of H-pyrrole nitrogens is 1. The summed E-state index contributed by atoms with van der Waals surface area (Å²) in [6, 6.07) is 10.2. The molecule has 3 aromatic rings. The number of aryl methyl sites for hydroxylation is 1. The topological polar surface area (TPSA) is 74.6 Å². The largest absolute Gasteiger partial charge is 0.467 e. The Kier molecular flexibility index (Phi) is 10.1. The maximum absolute atomic E-state index is 5.59. The summed E-state index contributed by atoms with van der Waals surface area (Å²) in [5.74, 6) is 1.70. The van der Waals surface area contributed by atoms with Crippen LogP contribution in [0.4, 0.5) is 0 Å². The van der Waals surface area contributed by atoms with Gasteiger partial charge < -0.3 is 24.8 Å². The van der Waals surface area contributed by atoms with Crippen LogP contribution >= 0.6 is 24.0 Å². The molecule has 7 heteroatoms. The molecule has 0 unspecified atom stereocenters. The van der Waals surface area contributed by atoms with E-state index < -0.39 is 0 Å². The van der Waals surface area contributed by atoms with Crippen LogP contribution in [-0.2, 0) is 17.8 Å². The summed E-state index contributed by atoms with van der Waals surface area (Å²) in [6.07, 6.45) is 5.59. The lowest BCUT2D eigenvalue weighted by Crippen LogP contribution is -2.38. The standard InChI is InChI=1S/C22H30N4O2.HI/c1-3-23-22(24-11-6-13-27-16-19-8-5-14-28-19)25-12-10-18-15-26-21-17(2)7-4-9-20(18)21;/h4-5,7-9,14-15,26H,3,6,10-13,16H2,1-2H3,(H2,23,24,25);1H. The molecule has 29 heavy (non-hydrogen) atoms. The Labute approximate surface area is 189 Å². The van der Waals surface area contributed by atoms with Gasteiger partial charge in [0, 0.05) is 43.3 Å². The SMILES string of the molecule is CCNC(=NCCCOCc1ccco1)NCCc1c[nH]c2c(C)cccc12.I. The number of furan rings is 1. The lowest BCUT2D eigenvalue weighted by atomic mass is 10.1. The van der Waals surface area contributed by atoms with Crippen molar-refractivity contribution in [1.29, 1.82) is 0 Å². The molecule has 0 aliphatic carbocycles. The molecule has 0 saturated carbocycles. The number of aromatic amines is 1. The van der Waals surface area contributed by atoms with Gasteiger partial charge in [0.25, 0.3) is 0 Å². The Morgan fingerprint density at radius 2 is 2.10 bits per heavy atom. The van der Waals surface area contributed by atoms with Gasteiger partial charge in [-0.3, -0.25) is 4.99 Å². The number of fused-ring (bicyclic) bond motifs is 1. The molecule has 0 saturated heterocycles. The predicted molar refractivity (Wildman–Crippen MR) is 129 cm³/mol. The minimum atomic E-state index is 0. The Bertz CT molecular complexity index is 874. The smallest absolute Gasteiger partial charge is 0.191 e. The average molecular weight is 510 g/mol. The van der Waals surface area contributed by atoms with Crippen LogP contribution in [0.25, 0.3) is 10.9 Å². The predicted octanol–water partition coefficient (Wildman–Crippen LogP) is 4.39. The molecular weight excluding hydrogens is 479 g/mol. The van der Waals surface area contributed by atoms with Gasteiger partial charge in [-0.15, -0.1) is 24.0 Å². The van der Waals surface area contributed by atoms with E-state index >= 15 is 0 Å². The number of para-hydroxylation sites is 1. The first-order chi connectivity index (χ1) is 13.8. The monoisotopic (exact) mass is 510 g/mol. The highest BCUT2D eigenvalue weighted by atomic mass is 127. The van der Waals surface area contributed by atoms with E-state index in [1.54, 1.807) is 6.26 Å². The van der Waals surface area contributed by atoms with Crippen molar-refractivity contribution in [2.45, 2.75) is 33.3 Å². The number of hydrogen-bond acceptors (Lipinski definition) is 3. The molecule has 6 nitrogen and oxygen atoms in total. The summed E-state index contributed by atoms with van der Waals surface area (Å²) >= 11 is 0. The maximum Gasteiger partial charge on any atom is 0.191 e. The van der Waals surface area contributed by atoms with Crippen LogP contribution in [-0.4, -0.2) is 37.2 Å². The van der Waals surface area contributed by atoms with E-state index in [-0.39, 0.29) is 24.0 Å². The van der Waals surface area contributed by atoms with Crippen LogP contribution in [0.15, 0.2) is 52.2 Å². The van der Waals surface area contributed by atoms with Gasteiger partial charge in [-0.25, -0.2) is 0 Å². The first kappa shape index (κ1) is 23.3. The summed E-state index contributed by atoms with van der Waals surface area (Å²) in [7, 11) is 0. The molecule has 0 atom stereocenters. The second-order valence-corrected chi connectivity index (χ2v) is 6.73. The van der Waals surface area contributed by atoms with E-state index in [0.29, 0.717) is 13.2 Å². The lowest BCUT2D eigenvalue weighted by Gasteiger charge is -2.11. The fraction of sp³-hybridized carbons (Fsp3) is 0.409. The number of aliphatic imine (C=N–C) groups is 1. The van der Waals surface area contributed by atoms with Crippen molar-refractivity contribution in [2.24, 2.45) is 4.99 Å². The van der Waals surface area contributed by atoms with Gasteiger partial charge in [0.15, 0.2) is 5.96 Å². The van der Waals surface area contributed by atoms with Gasteiger partial charge in [-0.05, 0) is 49.9 Å². The van der Waals surface area contributed by atoms with Crippen LogP contribution in [0.1, 0.15) is 30.2 Å². The Morgan fingerprint density at radius 3 is 2.90 bits per heavy atom. The van der Waals surface area contributed by atoms with E-state index in [1.165, 1.54) is 22.0 Å². The third-order valence-corrected chi connectivity index (χ3v) is 4.58. The normalized spacial score (nSPS) is 11.4. The highest BCUT2D eigenvalue weighted by molar-refractivity contribution is 14.0. The van der Waals surface area contributed by atoms with Gasteiger partial charge in [-0.2, -0.15) is 0 Å². The van der Waals surface area contributed by atoms with Crippen molar-refractivity contribution in [2.75, 3.05) is 26.2 Å². The molecule has 0 amide bonds. The number of benzene rings is 1. The summed E-state index contributed by atoms with van der Waals surface area (Å²) in [6.45, 7) is 7.78. The van der Waals surface area contributed by atoms with Crippen LogP contribution < -0.4 is 10.6 Å². The number of aromatic nitrogens is 1. The zero-order valence-electron chi connectivity index (χ0n) is 17.2. The van der Waals surface area contributed by atoms with Crippen molar-refractivity contribution in [3.05, 3.63) is 59.7 Å². The number of nitrogens with zero attached hydrogens (tertiary/aromatic N) is 1. The van der Waals surface area contributed by atoms with Crippen molar-refractivity contribution in [3.63, 3.8) is 0 Å². The quantitative estimate of drug-likeness (QED) is 0.164. The second-order valence-electron chi connectivity index (χ2n) is 6.73. The zero-order valence-corrected chi connectivity index (χ0v) is 19.5. The van der Waals surface area contributed by atoms with Gasteiger partial charge in [-0.1, -0.05) is 18.2 Å². The number of nitrogens with one attached hydrogen (secondary N) is 3. The Morgan fingerprint density at radius 1 is 1.21 bits per heavy atom. The Balaban J connectivity index is 0.00000300. The van der Waals surface area contributed by atoms with Crippen LogP contribution in [0.3, 0.4) is 0 Å². The van der Waals surface area contributed by atoms with Crippen molar-refractivity contribution >= 4 is 40.8 Å². The van der Waals surface area contributed by atoms with Crippen LogP contribution in [0.2, 0.25) is 0 Å². The van der Waals surface area contributed by atoms with Crippen LogP contribution in [0.5, 0.6) is 0 Å². The molecular formula is C22H31IN4O2. The maximum atomic E-state index is 5.59. The minimum Gasteiger partial charge on any atom is -0.467 e. The molecule has 2 aromatic heterocycles. The summed E-state index contributed by atoms with van der Waals surface area (Å²) in [5.41, 5.74) is 3.84. The molecule has 3 N–H and O–H groups in total. The number of rotatable bonds is 10. The van der Waals surface area contributed by atoms with Crippen molar-refractivity contribution in [1.82, 2.24) is 15.6 Å². The van der Waals surface area contributed by atoms with Gasteiger partial charge in [0.2, 0.25) is 0 Å². The third-order valence-electron chi connectivity index (χ3n) is 4.58. The summed E-state index contributed by atoms with van der Waals surface area (Å²) in [5, 5.41) is 8.02. The second kappa shape index (κ2) is 12.5. The Hall–Kier alpha value is -2.00. The lowest BCUT2D eigenvalue weighted by molar-refractivity contribution is 0.105. The van der Waals surface area contributed by atoms with Crippen molar-refractivity contribution < 1.29 is 9.15 Å². The fourth-order valence-electron chi connectivity index (χ4n) is 3.15. The van der Waals surface area contributed by atoms with E-state index in [4.69, 9.17) is 9.15 Å². The third kappa shape index (κ3) is 7.08. The first-order valence-electron chi connectivity index (χ1n) is 9.96. The van der Waals surface area contributed by atoms with E-state index in [9.17, 15) is 0 Å². The fourth-order valence-corrected chi connectivity index (χ4v) is 3.15. The van der Waals surface area contributed by atoms with Crippen LogP contribution in [0, 0.1) is 6.92 Å². The molecule has 2 heterocycles.